The third-order valence-electron chi connectivity index (χ3n) is 5.95. The van der Waals surface area contributed by atoms with Crippen LogP contribution in [0.15, 0.2) is 71.0 Å². The topological polar surface area (TPSA) is 53.5 Å². The third-order valence-corrected chi connectivity index (χ3v) is 6.06. The van der Waals surface area contributed by atoms with Crippen LogP contribution in [0.5, 0.6) is 0 Å². The van der Waals surface area contributed by atoms with Gasteiger partial charge >= 0.3 is 0 Å². The third kappa shape index (κ3) is 7.55. The number of nitrogens with zero attached hydrogens (tertiary/aromatic N) is 3. The first-order valence-corrected chi connectivity index (χ1v) is 12.8. The van der Waals surface area contributed by atoms with Gasteiger partial charge in [-0.15, -0.1) is 0 Å². The fourth-order valence-corrected chi connectivity index (χ4v) is 3.84. The zero-order chi connectivity index (χ0) is 25.2. The van der Waals surface area contributed by atoms with Crippen LogP contribution in [0.4, 0.5) is 0 Å². The van der Waals surface area contributed by atoms with Gasteiger partial charge in [0, 0.05) is 29.7 Å². The second-order valence-corrected chi connectivity index (χ2v) is 9.41. The van der Waals surface area contributed by atoms with E-state index in [9.17, 15) is 0 Å². The first-order valence-electron chi connectivity index (χ1n) is 12.4. The van der Waals surface area contributed by atoms with Crippen LogP contribution in [0.2, 0.25) is 0 Å². The zero-order valence-corrected chi connectivity index (χ0v) is 22.1. The second kappa shape index (κ2) is 13.3. The summed E-state index contributed by atoms with van der Waals surface area (Å²) in [6.45, 7) is 15.7. The Morgan fingerprint density at radius 3 is 2.74 bits per heavy atom. The van der Waals surface area contributed by atoms with Gasteiger partial charge in [-0.1, -0.05) is 63.2 Å². The normalized spacial score (nSPS) is 17.2. The number of fused-ring (bicyclic) bond motifs is 1. The van der Waals surface area contributed by atoms with E-state index in [4.69, 9.17) is 21.3 Å². The highest BCUT2D eigenvalue weighted by Gasteiger charge is 2.16. The molecule has 186 valence electrons. The smallest absolute Gasteiger partial charge is 0.128 e. The lowest BCUT2D eigenvalue weighted by Gasteiger charge is -2.29. The number of H-pyrrole nitrogens is 1. The Kier molecular flexibility index (Phi) is 10.1. The summed E-state index contributed by atoms with van der Waals surface area (Å²) in [6, 6.07) is 6.28. The van der Waals surface area contributed by atoms with E-state index in [1.54, 1.807) is 0 Å². The monoisotopic (exact) mass is 492 g/mol. The van der Waals surface area contributed by atoms with E-state index >= 15 is 0 Å². The van der Waals surface area contributed by atoms with E-state index in [1.165, 1.54) is 0 Å². The summed E-state index contributed by atoms with van der Waals surface area (Å²) in [4.78, 5) is 7.09. The zero-order valence-electron chi connectivity index (χ0n) is 21.4. The minimum Gasteiger partial charge on any atom is -0.378 e. The Morgan fingerprint density at radius 1 is 1.29 bits per heavy atom. The maximum Gasteiger partial charge on any atom is 0.128 e. The molecular formula is C29H37ClN4O. The molecule has 1 aromatic heterocycles. The minimum atomic E-state index is 0.409. The lowest BCUT2D eigenvalue weighted by atomic mass is 10.0. The molecular weight excluding hydrogens is 456 g/mol. The summed E-state index contributed by atoms with van der Waals surface area (Å²) in [6.07, 6.45) is 14.4. The van der Waals surface area contributed by atoms with Crippen LogP contribution in [0.25, 0.3) is 22.0 Å². The Labute approximate surface area is 214 Å². The number of aromatic nitrogens is 2. The largest absolute Gasteiger partial charge is 0.378 e. The van der Waals surface area contributed by atoms with Gasteiger partial charge in [0.2, 0.25) is 0 Å². The number of rotatable bonds is 10. The van der Waals surface area contributed by atoms with Gasteiger partial charge in [0.1, 0.15) is 5.82 Å². The Balaban J connectivity index is 2.00. The van der Waals surface area contributed by atoms with Gasteiger partial charge in [0.25, 0.3) is 0 Å². The van der Waals surface area contributed by atoms with E-state index < -0.39 is 0 Å². The molecule has 6 heteroatoms. The number of benzene rings is 1. The molecule has 1 aliphatic rings. The van der Waals surface area contributed by atoms with Gasteiger partial charge in [-0.3, -0.25) is 5.10 Å². The predicted octanol–water partition coefficient (Wildman–Crippen LogP) is 7.36. The van der Waals surface area contributed by atoms with E-state index in [0.29, 0.717) is 19.1 Å². The van der Waals surface area contributed by atoms with Crippen molar-refractivity contribution in [3.05, 3.63) is 77.3 Å². The molecule has 0 saturated carbocycles. The average Bonchev–Trinajstić information content (AvgIpc) is 3.29. The van der Waals surface area contributed by atoms with Crippen LogP contribution in [-0.4, -0.2) is 47.6 Å². The minimum absolute atomic E-state index is 0.409. The van der Waals surface area contributed by atoms with E-state index in [1.807, 2.05) is 25.3 Å². The van der Waals surface area contributed by atoms with Crippen LogP contribution < -0.4 is 0 Å². The molecule has 0 bridgehead atoms. The summed E-state index contributed by atoms with van der Waals surface area (Å²) in [7, 11) is 0. The lowest BCUT2D eigenvalue weighted by Crippen LogP contribution is -2.35. The van der Waals surface area contributed by atoms with Crippen LogP contribution in [0.1, 0.15) is 51.8 Å². The Bertz CT molecular complexity index is 1160. The van der Waals surface area contributed by atoms with Gasteiger partial charge in [-0.05, 0) is 66.7 Å². The molecule has 1 fully saturated rings. The van der Waals surface area contributed by atoms with Gasteiger partial charge in [0.15, 0.2) is 0 Å². The number of nitrogens with one attached hydrogen (secondary N) is 1. The van der Waals surface area contributed by atoms with Crippen LogP contribution in [0.3, 0.4) is 0 Å². The van der Waals surface area contributed by atoms with E-state index in [2.05, 4.69) is 78.9 Å². The van der Waals surface area contributed by atoms with Gasteiger partial charge in [-0.25, -0.2) is 4.99 Å². The van der Waals surface area contributed by atoms with Crippen molar-refractivity contribution in [2.24, 2.45) is 10.9 Å². The number of allylic oxidation sites excluding steroid dienone is 8. The Hall–Kier alpha value is -2.89. The molecule has 2 heterocycles. The number of aromatic amines is 1. The van der Waals surface area contributed by atoms with Gasteiger partial charge in [0.05, 0.1) is 24.4 Å². The standard InChI is InChI=1S/C29H37ClN4O/c1-6-8-9-10-24(18-23(5)30)25-11-12-27-26(19-25)29(33-32-27)22(4)17-28(31-20-21(3)7-2)34-13-15-35-16-14-34/h8-12,17-21H,4,6-7,13-16H2,1-3,5H3,(H,32,33)/b9-8+,23-18+,24-10+,28-17+,31-20-. The van der Waals surface area contributed by atoms with E-state index in [-0.39, 0.29) is 0 Å². The van der Waals surface area contributed by atoms with Gasteiger partial charge in [-0.2, -0.15) is 5.10 Å². The second-order valence-electron chi connectivity index (χ2n) is 8.81. The van der Waals surface area contributed by atoms with Crippen LogP contribution in [-0.2, 0) is 4.74 Å². The number of hydrogen-bond acceptors (Lipinski definition) is 4. The van der Waals surface area contributed by atoms with Crippen molar-refractivity contribution in [1.29, 1.82) is 0 Å². The average molecular weight is 493 g/mol. The molecule has 1 aromatic carbocycles. The highest BCUT2D eigenvalue weighted by molar-refractivity contribution is 6.29. The van der Waals surface area contributed by atoms with Crippen molar-refractivity contribution >= 4 is 39.9 Å². The molecule has 1 unspecified atom stereocenters. The van der Waals surface area contributed by atoms with Crippen molar-refractivity contribution in [2.75, 3.05) is 26.3 Å². The summed E-state index contributed by atoms with van der Waals surface area (Å²) in [5.41, 5.74) is 4.72. The van der Waals surface area contributed by atoms with Crippen LogP contribution >= 0.6 is 11.6 Å². The van der Waals surface area contributed by atoms with Crippen molar-refractivity contribution in [2.45, 2.75) is 40.5 Å². The first kappa shape index (κ1) is 26.7. The highest BCUT2D eigenvalue weighted by Crippen LogP contribution is 2.29. The molecule has 0 radical (unpaired) electrons. The molecule has 0 amide bonds. The van der Waals surface area contributed by atoms with Gasteiger partial charge < -0.3 is 9.64 Å². The highest BCUT2D eigenvalue weighted by atomic mass is 35.5. The molecule has 0 aliphatic carbocycles. The molecule has 1 saturated heterocycles. The SMILES string of the molecule is C=C(/C=C(\N=C/C(C)CC)N1CCOCC1)c1n[nH]c2ccc(C(/C=C(\C)Cl)=C/C=C/CC)cc12. The maximum atomic E-state index is 6.24. The summed E-state index contributed by atoms with van der Waals surface area (Å²) in [5, 5.41) is 9.50. The molecule has 1 aliphatic heterocycles. The molecule has 2 aromatic rings. The molecule has 35 heavy (non-hydrogen) atoms. The molecule has 0 spiro atoms. The number of hydrogen-bond donors (Lipinski definition) is 1. The number of morpholine rings is 1. The summed E-state index contributed by atoms with van der Waals surface area (Å²) in [5.74, 6) is 1.31. The van der Waals surface area contributed by atoms with Crippen molar-refractivity contribution in [3.8, 4) is 0 Å². The van der Waals surface area contributed by atoms with Crippen molar-refractivity contribution < 1.29 is 4.74 Å². The van der Waals surface area contributed by atoms with Crippen molar-refractivity contribution in [3.63, 3.8) is 0 Å². The molecule has 1 atom stereocenters. The van der Waals surface area contributed by atoms with Crippen molar-refractivity contribution in [1.82, 2.24) is 15.1 Å². The fraction of sp³-hybridized carbons (Fsp3) is 0.379. The van der Waals surface area contributed by atoms with E-state index in [0.717, 1.165) is 70.1 Å². The number of ether oxygens (including phenoxy) is 1. The molecule has 5 nitrogen and oxygen atoms in total. The Morgan fingerprint density at radius 2 is 2.06 bits per heavy atom. The van der Waals surface area contributed by atoms with Crippen LogP contribution in [0, 0.1) is 5.92 Å². The number of halogens is 1. The fourth-order valence-electron chi connectivity index (χ4n) is 3.72. The predicted molar refractivity (Wildman–Crippen MR) is 151 cm³/mol. The summed E-state index contributed by atoms with van der Waals surface area (Å²) < 4.78 is 5.54. The number of aliphatic imine (C=N–C) groups is 1. The quantitative estimate of drug-likeness (QED) is 0.278. The molecule has 3 rings (SSSR count). The maximum absolute atomic E-state index is 6.24. The first-order chi connectivity index (χ1) is 16.9. The lowest BCUT2D eigenvalue weighted by molar-refractivity contribution is 0.0532. The molecule has 1 N–H and O–H groups in total. The summed E-state index contributed by atoms with van der Waals surface area (Å²) >= 11 is 6.24.